The molecule has 0 aliphatic carbocycles. The average molecular weight is 765 g/mol. The van der Waals surface area contributed by atoms with Gasteiger partial charge in [-0.15, -0.1) is 0 Å². The summed E-state index contributed by atoms with van der Waals surface area (Å²) in [4.78, 5) is 17.4. The van der Waals surface area contributed by atoms with Crippen LogP contribution in [0, 0.1) is 0 Å². The van der Waals surface area contributed by atoms with E-state index in [1.54, 1.807) is 24.8 Å². The number of hydrogen-bond donors (Lipinski definition) is 0. The molecule has 0 aliphatic heterocycles. The van der Waals surface area contributed by atoms with E-state index in [2.05, 4.69) is 68.5 Å². The first kappa shape index (κ1) is 37.3. The van der Waals surface area contributed by atoms with Gasteiger partial charge < -0.3 is 9.11 Å². The molecule has 0 saturated carbocycles. The van der Waals surface area contributed by atoms with Gasteiger partial charge in [0.05, 0.1) is 22.1 Å². The van der Waals surface area contributed by atoms with Crippen molar-refractivity contribution in [3.8, 4) is 0 Å². The molecule has 0 bridgehead atoms. The van der Waals surface area contributed by atoms with Crippen LogP contribution in [0.1, 0.15) is 0 Å². The molecule has 0 unspecified atom stereocenters. The Balaban J connectivity index is 0.000000216. The normalized spacial score (nSPS) is 11.7. The van der Waals surface area contributed by atoms with Crippen molar-refractivity contribution in [3.05, 3.63) is 97.6 Å². The van der Waals surface area contributed by atoms with Gasteiger partial charge in [0.1, 0.15) is 0 Å². The summed E-state index contributed by atoms with van der Waals surface area (Å²) in [5, 5.41) is 4.55. The molecule has 45 heavy (non-hydrogen) atoms. The van der Waals surface area contributed by atoms with E-state index in [1.807, 2.05) is 24.3 Å². The molecular weight excluding hydrogens is 749 g/mol. The second-order valence-corrected chi connectivity index (χ2v) is 11.0. The fourth-order valence-electron chi connectivity index (χ4n) is 3.36. The van der Waals surface area contributed by atoms with Crippen LogP contribution >= 0.6 is 0 Å². The third-order valence-electron chi connectivity index (χ3n) is 5.26. The fourth-order valence-corrected chi connectivity index (χ4v) is 3.36. The van der Waals surface area contributed by atoms with Crippen LogP contribution in [0.4, 0.5) is 26.3 Å². The summed E-state index contributed by atoms with van der Waals surface area (Å²) in [6, 6.07) is 24.3. The van der Waals surface area contributed by atoms with E-state index in [1.165, 1.54) is 0 Å². The quantitative estimate of drug-likeness (QED) is 0.0619. The van der Waals surface area contributed by atoms with Crippen LogP contribution < -0.4 is 0 Å². The van der Waals surface area contributed by atoms with E-state index < -0.39 is 31.3 Å². The summed E-state index contributed by atoms with van der Waals surface area (Å²) >= 11 is 0. The van der Waals surface area contributed by atoms with Crippen molar-refractivity contribution in [1.82, 2.24) is 19.9 Å². The number of fused-ring (bicyclic) bond motifs is 6. The predicted molar refractivity (Wildman–Crippen MR) is 146 cm³/mol. The number of halogens is 6. The number of aromatic nitrogens is 4. The Kier molecular flexibility index (Phi) is 12.4. The fraction of sp³-hybridized carbons (Fsp3) is 0.0769. The van der Waals surface area contributed by atoms with Crippen molar-refractivity contribution in [2.75, 3.05) is 0 Å². The molecule has 0 N–H and O–H groups in total. The smallest absolute Gasteiger partial charge is 0.741 e. The molecule has 6 rings (SSSR count). The summed E-state index contributed by atoms with van der Waals surface area (Å²) < 4.78 is 118. The molecule has 2 aromatic carbocycles. The molecule has 6 aromatic rings. The van der Waals surface area contributed by atoms with E-state index >= 15 is 0 Å². The third-order valence-corrected chi connectivity index (χ3v) is 6.39. The Morgan fingerprint density at radius 1 is 0.444 bits per heavy atom. The topological polar surface area (TPSA) is 166 Å². The minimum absolute atomic E-state index is 0. The maximum absolute atomic E-state index is 10.7. The van der Waals surface area contributed by atoms with Gasteiger partial charge >= 0.3 is 31.4 Å². The number of pyridine rings is 4. The summed E-state index contributed by atoms with van der Waals surface area (Å²) in [7, 11) is -12.2. The van der Waals surface area contributed by atoms with E-state index in [9.17, 15) is 26.3 Å². The molecule has 0 aliphatic rings. The Morgan fingerprint density at radius 3 is 0.778 bits per heavy atom. The van der Waals surface area contributed by atoms with Crippen LogP contribution in [0.25, 0.3) is 43.6 Å². The summed E-state index contributed by atoms with van der Waals surface area (Å²) in [6.07, 6.45) is 7.21. The first-order chi connectivity index (χ1) is 20.4. The van der Waals surface area contributed by atoms with Crippen molar-refractivity contribution >= 4 is 63.8 Å². The van der Waals surface area contributed by atoms with Crippen molar-refractivity contribution in [2.45, 2.75) is 11.0 Å². The molecule has 4 heterocycles. The van der Waals surface area contributed by atoms with Gasteiger partial charge in [-0.1, -0.05) is 48.5 Å². The van der Waals surface area contributed by atoms with Crippen molar-refractivity contribution in [3.63, 3.8) is 0 Å². The molecule has 10 nitrogen and oxygen atoms in total. The number of nitrogens with zero attached hydrogens (tertiary/aromatic N) is 4. The number of alkyl halides is 6. The Hall–Kier alpha value is -3.86. The summed E-state index contributed by atoms with van der Waals surface area (Å²) in [5.41, 5.74) is -7.38. The standard InChI is InChI=1S/2C12H8N2.2CHF3O3S.Pd/c2*1-3-9-5-6-10-4-2-8-14-12(10)11(9)13-7-1;2*2-1(3,4)8(5,6)7;/h2*1-8H;2*(H,5,6,7);/q;;;;+2/p-2. The molecule has 0 radical (unpaired) electrons. The van der Waals surface area contributed by atoms with E-state index in [0.717, 1.165) is 43.6 Å². The van der Waals surface area contributed by atoms with Crippen LogP contribution in [0.3, 0.4) is 0 Å². The van der Waals surface area contributed by atoms with Crippen LogP contribution in [0.5, 0.6) is 0 Å². The summed E-state index contributed by atoms with van der Waals surface area (Å²) in [5.74, 6) is 0. The van der Waals surface area contributed by atoms with Gasteiger partial charge in [-0.2, -0.15) is 26.3 Å². The SMILES string of the molecule is O=S(=O)([O-])C(F)(F)F.O=S(=O)([O-])C(F)(F)F.[Pd+2].c1cnc2c(c1)ccc1cccnc12.c1cnc2c(c1)ccc1cccnc12. The maximum atomic E-state index is 10.7. The Bertz CT molecular complexity index is 1870. The minimum Gasteiger partial charge on any atom is -0.741 e. The maximum Gasteiger partial charge on any atom is 2.00 e. The summed E-state index contributed by atoms with van der Waals surface area (Å²) in [6.45, 7) is 0. The predicted octanol–water partition coefficient (Wildman–Crippen LogP) is 5.67. The molecule has 0 fully saturated rings. The Morgan fingerprint density at radius 2 is 0.622 bits per heavy atom. The molecule has 0 saturated heterocycles. The average Bonchev–Trinajstić information content (AvgIpc) is 2.96. The molecule has 0 atom stereocenters. The molecule has 240 valence electrons. The molecule has 0 amide bonds. The van der Waals surface area contributed by atoms with Crippen LogP contribution in [0.15, 0.2) is 97.6 Å². The van der Waals surface area contributed by atoms with Crippen molar-refractivity contribution in [1.29, 1.82) is 0 Å². The van der Waals surface area contributed by atoms with Gasteiger partial charge in [0.15, 0.2) is 20.2 Å². The van der Waals surface area contributed by atoms with Crippen LogP contribution in [-0.2, 0) is 40.7 Å². The van der Waals surface area contributed by atoms with Gasteiger partial charge in [-0.05, 0) is 24.3 Å². The first-order valence-corrected chi connectivity index (χ1v) is 14.4. The van der Waals surface area contributed by atoms with E-state index in [4.69, 9.17) is 25.9 Å². The van der Waals surface area contributed by atoms with Crippen molar-refractivity contribution < 1.29 is 72.7 Å². The Labute approximate surface area is 264 Å². The van der Waals surface area contributed by atoms with Crippen LogP contribution in [0.2, 0.25) is 0 Å². The number of hydrogen-bond acceptors (Lipinski definition) is 10. The first-order valence-electron chi connectivity index (χ1n) is 11.6. The molecule has 0 spiro atoms. The largest absolute Gasteiger partial charge is 2.00 e. The monoisotopic (exact) mass is 764 g/mol. The van der Waals surface area contributed by atoms with Crippen LogP contribution in [-0.4, -0.2) is 56.9 Å². The van der Waals surface area contributed by atoms with Gasteiger partial charge in [0.25, 0.3) is 0 Å². The van der Waals surface area contributed by atoms with Gasteiger partial charge in [0, 0.05) is 46.3 Å². The van der Waals surface area contributed by atoms with E-state index in [0.29, 0.717) is 0 Å². The zero-order chi connectivity index (χ0) is 32.8. The molecular formula is C26H16F6N4O6PdS2. The second-order valence-electron chi connectivity index (χ2n) is 8.23. The number of benzene rings is 2. The van der Waals surface area contributed by atoms with Gasteiger partial charge in [0.2, 0.25) is 0 Å². The van der Waals surface area contributed by atoms with Gasteiger partial charge in [-0.25, -0.2) is 16.8 Å². The molecule has 19 heteroatoms. The third kappa shape index (κ3) is 10.1. The zero-order valence-electron chi connectivity index (χ0n) is 21.9. The number of rotatable bonds is 0. The second kappa shape index (κ2) is 14.9. The van der Waals surface area contributed by atoms with Gasteiger partial charge in [-0.3, -0.25) is 19.9 Å². The van der Waals surface area contributed by atoms with E-state index in [-0.39, 0.29) is 20.4 Å². The minimum atomic E-state index is -6.09. The molecule has 4 aromatic heterocycles. The zero-order valence-corrected chi connectivity index (χ0v) is 25.1. The van der Waals surface area contributed by atoms with Crippen molar-refractivity contribution in [2.24, 2.45) is 0 Å².